The Labute approximate surface area is 363 Å². The number of rotatable bonds is 25. The minimum atomic E-state index is -0.895. The molecule has 1 aromatic heterocycles. The van der Waals surface area contributed by atoms with Gasteiger partial charge in [-0.05, 0) is 38.1 Å². The first-order valence-electron chi connectivity index (χ1n) is 20.3. The van der Waals surface area contributed by atoms with E-state index in [0.29, 0.717) is 31.0 Å². The standard InChI is InChI=1S/C40H65N15O7/c1-8-55(19-12-10-9-11-16-41)30(36(60)43-17-13-14-33(57)47-31(42)25-49(2)27-56)23-45-37(61)40-53(6)26-32(54(40)7)48-34(58)15-18-44-35(59)29-22-28(24-52(29)5)46-38(62)39-50(3)20-21-51(39)4/h8,20-26,39-40,56H,1,9-19,27,41-42H2,2-7H3,(H,43,60)(H,44,59)(H,45,61)(H,46,62)(H,47,57)(H,48,58)/b30-23-,31-25+. The Morgan fingerprint density at radius 3 is 2.21 bits per heavy atom. The van der Waals surface area contributed by atoms with Crippen molar-refractivity contribution in [3.63, 3.8) is 0 Å². The predicted molar refractivity (Wildman–Crippen MR) is 233 cm³/mol. The lowest BCUT2D eigenvalue weighted by Crippen LogP contribution is -2.49. The van der Waals surface area contributed by atoms with Gasteiger partial charge in [-0.15, -0.1) is 0 Å². The number of hydrogen-bond acceptors (Lipinski definition) is 15. The van der Waals surface area contributed by atoms with Crippen LogP contribution in [0.5, 0.6) is 0 Å². The van der Waals surface area contributed by atoms with Crippen LogP contribution in [0.2, 0.25) is 0 Å². The Balaban J connectivity index is 1.55. The monoisotopic (exact) mass is 868 g/mol. The highest BCUT2D eigenvalue weighted by Gasteiger charge is 2.34. The summed E-state index contributed by atoms with van der Waals surface area (Å²) >= 11 is 0. The first-order chi connectivity index (χ1) is 29.5. The van der Waals surface area contributed by atoms with Crippen LogP contribution < -0.4 is 43.4 Å². The summed E-state index contributed by atoms with van der Waals surface area (Å²) in [5.41, 5.74) is 12.3. The second kappa shape index (κ2) is 24.5. The van der Waals surface area contributed by atoms with Crippen LogP contribution in [0.25, 0.3) is 0 Å². The van der Waals surface area contributed by atoms with E-state index in [1.165, 1.54) is 23.5 Å². The zero-order chi connectivity index (χ0) is 45.9. The molecule has 2 aliphatic heterocycles. The van der Waals surface area contributed by atoms with Crippen LogP contribution in [0.15, 0.2) is 73.4 Å². The summed E-state index contributed by atoms with van der Waals surface area (Å²) in [5, 5.41) is 25.5. The molecule has 6 amide bonds. The van der Waals surface area contributed by atoms with E-state index in [2.05, 4.69) is 38.5 Å². The molecule has 0 bridgehead atoms. The first-order valence-corrected chi connectivity index (χ1v) is 20.3. The maximum Gasteiger partial charge on any atom is 0.269 e. The van der Waals surface area contributed by atoms with Crippen molar-refractivity contribution in [2.24, 2.45) is 18.5 Å². The molecule has 3 rings (SSSR count). The molecule has 22 heteroatoms. The average molecular weight is 868 g/mol. The molecular weight excluding hydrogens is 803 g/mol. The van der Waals surface area contributed by atoms with Crippen LogP contribution in [0.3, 0.4) is 0 Å². The van der Waals surface area contributed by atoms with Gasteiger partial charge in [-0.1, -0.05) is 19.4 Å². The van der Waals surface area contributed by atoms with Crippen molar-refractivity contribution in [2.75, 3.05) is 73.5 Å². The normalized spacial score (nSPS) is 15.3. The third kappa shape index (κ3) is 14.8. The number of nitrogens with one attached hydrogen (secondary N) is 6. The van der Waals surface area contributed by atoms with Gasteiger partial charge >= 0.3 is 0 Å². The van der Waals surface area contributed by atoms with Crippen LogP contribution in [0.4, 0.5) is 5.69 Å². The van der Waals surface area contributed by atoms with Crippen LogP contribution in [-0.2, 0) is 31.0 Å². The molecule has 0 saturated carbocycles. The van der Waals surface area contributed by atoms with Crippen LogP contribution in [0, 0.1) is 0 Å². The Kier molecular flexibility index (Phi) is 19.7. The van der Waals surface area contributed by atoms with E-state index >= 15 is 0 Å². The lowest BCUT2D eigenvalue weighted by Gasteiger charge is -2.28. The van der Waals surface area contributed by atoms with Gasteiger partial charge in [0.15, 0.2) is 12.3 Å². The number of aliphatic hydroxyl groups excluding tert-OH is 1. The maximum absolute atomic E-state index is 13.6. The molecule has 0 aromatic carbocycles. The van der Waals surface area contributed by atoms with E-state index in [9.17, 15) is 28.8 Å². The van der Waals surface area contributed by atoms with Gasteiger partial charge in [0.1, 0.15) is 29.8 Å². The van der Waals surface area contributed by atoms with Crippen molar-refractivity contribution in [1.82, 2.24) is 60.6 Å². The third-order valence-corrected chi connectivity index (χ3v) is 9.85. The number of carbonyl (C=O) groups is 6. The SMILES string of the molecule is C=CN(CCCCCCN)/C(=C\NC(=O)C1N(C)C=C(NC(=O)CCNC(=O)c2cc(NC(=O)C3N(C)C=CN3C)cn2C)N1C)C(=O)NCCCC(=O)N/C(N)=C/N(C)CO. The van der Waals surface area contributed by atoms with Crippen molar-refractivity contribution in [3.05, 3.63) is 79.1 Å². The van der Waals surface area contributed by atoms with Crippen molar-refractivity contribution in [2.45, 2.75) is 57.3 Å². The largest absolute Gasteiger partial charge is 0.384 e. The predicted octanol–water partition coefficient (Wildman–Crippen LogP) is -1.55. The Morgan fingerprint density at radius 1 is 0.855 bits per heavy atom. The lowest BCUT2D eigenvalue weighted by molar-refractivity contribution is -0.128. The van der Waals surface area contributed by atoms with E-state index in [0.717, 1.165) is 25.7 Å². The van der Waals surface area contributed by atoms with Gasteiger partial charge in [0.05, 0.1) is 5.69 Å². The summed E-state index contributed by atoms with van der Waals surface area (Å²) in [6.45, 7) is 4.79. The van der Waals surface area contributed by atoms with Crippen molar-refractivity contribution < 1.29 is 33.9 Å². The zero-order valence-corrected chi connectivity index (χ0v) is 36.6. The molecule has 0 aliphatic carbocycles. The molecule has 22 nitrogen and oxygen atoms in total. The summed E-state index contributed by atoms with van der Waals surface area (Å²) < 4.78 is 1.58. The number of aliphatic hydroxyl groups is 1. The van der Waals surface area contributed by atoms with Gasteiger partial charge in [0, 0.05) is 112 Å². The summed E-state index contributed by atoms with van der Waals surface area (Å²) in [6, 6.07) is 1.56. The maximum atomic E-state index is 13.6. The highest BCUT2D eigenvalue weighted by Crippen LogP contribution is 2.19. The van der Waals surface area contributed by atoms with Gasteiger partial charge in [0.25, 0.3) is 23.6 Å². The van der Waals surface area contributed by atoms with Crippen molar-refractivity contribution >= 4 is 41.1 Å². The average Bonchev–Trinajstić information content (AvgIpc) is 3.85. The fraction of sp³-hybridized carbons (Fsp3) is 0.500. The number of likely N-dealkylation sites (N-methyl/N-ethyl adjacent to an activating group) is 4. The summed E-state index contributed by atoms with van der Waals surface area (Å²) in [5.74, 6) is -2.05. The third-order valence-electron chi connectivity index (χ3n) is 9.85. The minimum Gasteiger partial charge on any atom is -0.384 e. The number of aryl methyl sites for hydroxylation is 1. The number of aromatic nitrogens is 1. The molecule has 1 atom stereocenters. The number of nitrogens with two attached hydrogens (primary N) is 2. The fourth-order valence-electron chi connectivity index (χ4n) is 6.58. The molecule has 1 unspecified atom stereocenters. The van der Waals surface area contributed by atoms with Crippen LogP contribution >= 0.6 is 0 Å². The highest BCUT2D eigenvalue weighted by atomic mass is 16.3. The van der Waals surface area contributed by atoms with Gasteiger partial charge in [-0.25, -0.2) is 0 Å². The molecule has 342 valence electrons. The summed E-state index contributed by atoms with van der Waals surface area (Å²) in [7, 11) is 10.1. The lowest BCUT2D eigenvalue weighted by atomic mass is 10.2. The van der Waals surface area contributed by atoms with E-state index in [1.54, 1.807) is 102 Å². The van der Waals surface area contributed by atoms with Gasteiger partial charge in [-0.2, -0.15) is 0 Å². The highest BCUT2D eigenvalue weighted by molar-refractivity contribution is 5.98. The molecule has 11 N–H and O–H groups in total. The molecular formula is C40H65N15O7. The molecule has 3 heterocycles. The fourth-order valence-corrected chi connectivity index (χ4v) is 6.58. The van der Waals surface area contributed by atoms with Crippen LogP contribution in [-0.4, -0.2) is 155 Å². The van der Waals surface area contributed by atoms with E-state index in [1.807, 2.05) is 0 Å². The molecule has 0 spiro atoms. The molecule has 62 heavy (non-hydrogen) atoms. The van der Waals surface area contributed by atoms with Gasteiger partial charge in [-0.3, -0.25) is 28.8 Å². The Hall–Kier alpha value is -6.68. The van der Waals surface area contributed by atoms with E-state index in [-0.39, 0.29) is 61.7 Å². The molecule has 1 aromatic rings. The minimum absolute atomic E-state index is 0.0164. The molecule has 0 radical (unpaired) electrons. The zero-order valence-electron chi connectivity index (χ0n) is 36.6. The van der Waals surface area contributed by atoms with E-state index in [4.69, 9.17) is 16.6 Å². The topological polar surface area (TPSA) is 271 Å². The number of carbonyl (C=O) groups excluding carboxylic acids is 6. The van der Waals surface area contributed by atoms with Gasteiger partial charge < -0.3 is 82.4 Å². The number of amides is 6. The number of nitrogens with zero attached hydrogens (tertiary/aromatic N) is 7. The first kappa shape index (κ1) is 49.7. The second-order valence-electron chi connectivity index (χ2n) is 14.9. The number of unbranched alkanes of at least 4 members (excludes halogenated alkanes) is 3. The number of anilines is 1. The molecule has 0 fully saturated rings. The second-order valence-corrected chi connectivity index (χ2v) is 14.9. The summed E-state index contributed by atoms with van der Waals surface area (Å²) in [4.78, 5) is 87.9. The van der Waals surface area contributed by atoms with Crippen LogP contribution in [0.1, 0.15) is 55.4 Å². The summed E-state index contributed by atoms with van der Waals surface area (Å²) in [6.07, 6.45) is 13.3. The van der Waals surface area contributed by atoms with E-state index < -0.39 is 36.0 Å². The van der Waals surface area contributed by atoms with Crippen molar-refractivity contribution in [1.29, 1.82) is 0 Å². The molecule has 0 saturated heterocycles. The molecule has 2 aliphatic rings. The van der Waals surface area contributed by atoms with Crippen molar-refractivity contribution in [3.8, 4) is 0 Å². The Bertz CT molecular complexity index is 1860. The quantitative estimate of drug-likeness (QED) is 0.0306. The Morgan fingerprint density at radius 2 is 1.55 bits per heavy atom. The smallest absolute Gasteiger partial charge is 0.269 e. The van der Waals surface area contributed by atoms with Gasteiger partial charge in [0.2, 0.25) is 11.8 Å². The number of hydrogen-bond donors (Lipinski definition) is 9.